The highest BCUT2D eigenvalue weighted by Gasteiger charge is 2.23. The summed E-state index contributed by atoms with van der Waals surface area (Å²) in [5.74, 6) is 0.818. The summed E-state index contributed by atoms with van der Waals surface area (Å²) in [5.41, 5.74) is 3.56. The SMILES string of the molecule is COc1ccc(N2CCN(C(=O)CNc3cc(S(=O)(=O)N(C)C)cc(C)c3C)CC2)cc1. The van der Waals surface area contributed by atoms with Gasteiger partial charge in [0.25, 0.3) is 0 Å². The fraction of sp³-hybridized carbons (Fsp3) is 0.435. The molecule has 174 valence electrons. The Morgan fingerprint density at radius 1 is 1.06 bits per heavy atom. The normalized spacial score (nSPS) is 14.6. The zero-order valence-corrected chi connectivity index (χ0v) is 20.2. The van der Waals surface area contributed by atoms with E-state index in [1.54, 1.807) is 19.2 Å². The maximum Gasteiger partial charge on any atom is 0.242 e. The molecule has 1 aliphatic heterocycles. The Balaban J connectivity index is 1.61. The van der Waals surface area contributed by atoms with Gasteiger partial charge in [-0.15, -0.1) is 0 Å². The van der Waals surface area contributed by atoms with Gasteiger partial charge in [-0.2, -0.15) is 0 Å². The molecule has 3 rings (SSSR count). The number of piperazine rings is 1. The number of ether oxygens (including phenoxy) is 1. The van der Waals surface area contributed by atoms with Crippen LogP contribution in [0.1, 0.15) is 11.1 Å². The van der Waals surface area contributed by atoms with Gasteiger partial charge >= 0.3 is 0 Å². The van der Waals surface area contributed by atoms with Crippen LogP contribution in [0.3, 0.4) is 0 Å². The molecule has 1 fully saturated rings. The van der Waals surface area contributed by atoms with Crippen LogP contribution in [0.25, 0.3) is 0 Å². The third-order valence-corrected chi connectivity index (χ3v) is 7.71. The number of methoxy groups -OCH3 is 1. The van der Waals surface area contributed by atoms with Crippen LogP contribution in [0.5, 0.6) is 5.75 Å². The van der Waals surface area contributed by atoms with E-state index in [0.717, 1.165) is 35.7 Å². The van der Waals surface area contributed by atoms with Crippen LogP contribution in [0.2, 0.25) is 0 Å². The zero-order valence-electron chi connectivity index (χ0n) is 19.4. The van der Waals surface area contributed by atoms with E-state index in [-0.39, 0.29) is 17.3 Å². The summed E-state index contributed by atoms with van der Waals surface area (Å²) in [6, 6.07) is 11.2. The van der Waals surface area contributed by atoms with E-state index in [9.17, 15) is 13.2 Å². The third kappa shape index (κ3) is 5.16. The first-order chi connectivity index (χ1) is 15.1. The van der Waals surface area contributed by atoms with Crippen LogP contribution in [0.15, 0.2) is 41.3 Å². The van der Waals surface area contributed by atoms with Crippen molar-refractivity contribution in [1.82, 2.24) is 9.21 Å². The van der Waals surface area contributed by atoms with E-state index in [1.165, 1.54) is 18.4 Å². The molecule has 1 amide bonds. The Morgan fingerprint density at radius 3 is 2.25 bits per heavy atom. The monoisotopic (exact) mass is 460 g/mol. The first-order valence-electron chi connectivity index (χ1n) is 10.6. The van der Waals surface area contributed by atoms with Crippen LogP contribution in [-0.4, -0.2) is 77.5 Å². The minimum atomic E-state index is -3.55. The Bertz CT molecular complexity index is 1060. The van der Waals surface area contributed by atoms with Crippen molar-refractivity contribution >= 4 is 27.3 Å². The van der Waals surface area contributed by atoms with Crippen molar-refractivity contribution in [2.45, 2.75) is 18.7 Å². The fourth-order valence-corrected chi connectivity index (χ4v) is 4.67. The van der Waals surface area contributed by atoms with Crippen molar-refractivity contribution in [2.75, 3.05) is 64.1 Å². The Labute approximate surface area is 190 Å². The predicted molar refractivity (Wildman–Crippen MR) is 127 cm³/mol. The number of hydrogen-bond donors (Lipinski definition) is 1. The molecule has 32 heavy (non-hydrogen) atoms. The molecule has 0 bridgehead atoms. The Kier molecular flexibility index (Phi) is 7.30. The Morgan fingerprint density at radius 2 is 1.69 bits per heavy atom. The van der Waals surface area contributed by atoms with Gasteiger partial charge in [0.1, 0.15) is 5.75 Å². The number of nitrogens with zero attached hydrogens (tertiary/aromatic N) is 3. The molecule has 0 radical (unpaired) electrons. The smallest absolute Gasteiger partial charge is 0.242 e. The van der Waals surface area contributed by atoms with Crippen molar-refractivity contribution < 1.29 is 17.9 Å². The lowest BCUT2D eigenvalue weighted by molar-refractivity contribution is -0.129. The summed E-state index contributed by atoms with van der Waals surface area (Å²) in [5, 5.41) is 3.16. The summed E-state index contributed by atoms with van der Waals surface area (Å²) in [7, 11) is 1.11. The van der Waals surface area contributed by atoms with Crippen molar-refractivity contribution in [3.8, 4) is 5.75 Å². The lowest BCUT2D eigenvalue weighted by Gasteiger charge is -2.36. The molecule has 0 unspecified atom stereocenters. The average molecular weight is 461 g/mol. The molecule has 9 heteroatoms. The summed E-state index contributed by atoms with van der Waals surface area (Å²) >= 11 is 0. The number of amides is 1. The predicted octanol–water partition coefficient (Wildman–Crippen LogP) is 2.32. The molecule has 1 aliphatic rings. The van der Waals surface area contributed by atoms with Gasteiger partial charge in [0, 0.05) is 51.6 Å². The molecule has 0 spiro atoms. The molecule has 2 aromatic carbocycles. The number of carbonyl (C=O) groups excluding carboxylic acids is 1. The molecule has 0 aromatic heterocycles. The second kappa shape index (κ2) is 9.79. The van der Waals surface area contributed by atoms with Gasteiger partial charge in [0.2, 0.25) is 15.9 Å². The minimum Gasteiger partial charge on any atom is -0.497 e. The number of carbonyl (C=O) groups is 1. The number of anilines is 2. The van der Waals surface area contributed by atoms with Crippen LogP contribution in [0.4, 0.5) is 11.4 Å². The van der Waals surface area contributed by atoms with Crippen molar-refractivity contribution in [1.29, 1.82) is 0 Å². The third-order valence-electron chi connectivity index (χ3n) is 5.92. The zero-order chi connectivity index (χ0) is 23.5. The maximum absolute atomic E-state index is 12.8. The average Bonchev–Trinajstić information content (AvgIpc) is 2.79. The lowest BCUT2D eigenvalue weighted by atomic mass is 10.1. The van der Waals surface area contributed by atoms with E-state index < -0.39 is 10.0 Å². The molecular formula is C23H32N4O4S. The molecule has 8 nitrogen and oxygen atoms in total. The van der Waals surface area contributed by atoms with Gasteiger partial charge in [-0.1, -0.05) is 0 Å². The molecule has 0 aliphatic carbocycles. The summed E-state index contributed by atoms with van der Waals surface area (Å²) in [6.07, 6.45) is 0. The molecular weight excluding hydrogens is 428 g/mol. The van der Waals surface area contributed by atoms with Crippen LogP contribution in [0, 0.1) is 13.8 Å². The number of sulfonamides is 1. The largest absolute Gasteiger partial charge is 0.497 e. The van der Waals surface area contributed by atoms with Crippen molar-refractivity contribution in [3.05, 3.63) is 47.5 Å². The van der Waals surface area contributed by atoms with Gasteiger partial charge in [-0.3, -0.25) is 4.79 Å². The van der Waals surface area contributed by atoms with Crippen molar-refractivity contribution in [2.24, 2.45) is 0 Å². The van der Waals surface area contributed by atoms with Gasteiger partial charge < -0.3 is 19.9 Å². The topological polar surface area (TPSA) is 82.2 Å². The van der Waals surface area contributed by atoms with Gasteiger partial charge in [-0.25, -0.2) is 12.7 Å². The number of nitrogens with one attached hydrogen (secondary N) is 1. The first kappa shape index (κ1) is 23.9. The highest BCUT2D eigenvalue weighted by molar-refractivity contribution is 7.89. The molecule has 2 aromatic rings. The standard InChI is InChI=1S/C23H32N4O4S/c1-17-14-21(32(29,30)25(3)4)15-22(18(17)2)24-16-23(28)27-12-10-26(11-13-27)19-6-8-20(31-5)9-7-19/h6-9,14-15,24H,10-13,16H2,1-5H3. The quantitative estimate of drug-likeness (QED) is 0.683. The highest BCUT2D eigenvalue weighted by atomic mass is 32.2. The molecule has 0 atom stereocenters. The van der Waals surface area contributed by atoms with E-state index in [2.05, 4.69) is 10.2 Å². The summed E-state index contributed by atoms with van der Waals surface area (Å²) in [6.45, 7) is 6.70. The van der Waals surface area contributed by atoms with Crippen molar-refractivity contribution in [3.63, 3.8) is 0 Å². The van der Waals surface area contributed by atoms with Gasteiger partial charge in [0.15, 0.2) is 0 Å². The maximum atomic E-state index is 12.8. The number of hydrogen-bond acceptors (Lipinski definition) is 6. The Hall–Kier alpha value is -2.78. The molecule has 1 heterocycles. The summed E-state index contributed by atoms with van der Waals surface area (Å²) in [4.78, 5) is 17.1. The lowest BCUT2D eigenvalue weighted by Crippen LogP contribution is -2.50. The van der Waals surface area contributed by atoms with Gasteiger partial charge in [0.05, 0.1) is 18.6 Å². The number of aryl methyl sites for hydroxylation is 1. The van der Waals surface area contributed by atoms with Crippen LogP contribution >= 0.6 is 0 Å². The molecule has 1 N–H and O–H groups in total. The van der Waals surface area contributed by atoms with E-state index in [1.807, 2.05) is 43.0 Å². The van der Waals surface area contributed by atoms with Crippen LogP contribution < -0.4 is 15.0 Å². The second-order valence-corrected chi connectivity index (χ2v) is 10.3. The molecule has 1 saturated heterocycles. The van der Waals surface area contributed by atoms with Crippen LogP contribution in [-0.2, 0) is 14.8 Å². The minimum absolute atomic E-state index is 0.00250. The van der Waals surface area contributed by atoms with Gasteiger partial charge in [-0.05, 0) is 61.4 Å². The highest BCUT2D eigenvalue weighted by Crippen LogP contribution is 2.26. The summed E-state index contributed by atoms with van der Waals surface area (Å²) < 4.78 is 31.5. The number of benzene rings is 2. The van der Waals surface area contributed by atoms with E-state index >= 15 is 0 Å². The van der Waals surface area contributed by atoms with E-state index in [0.29, 0.717) is 18.8 Å². The first-order valence-corrected chi connectivity index (χ1v) is 12.0. The molecule has 0 saturated carbocycles. The fourth-order valence-electron chi connectivity index (χ4n) is 3.66. The van der Waals surface area contributed by atoms with E-state index in [4.69, 9.17) is 4.74 Å². The second-order valence-electron chi connectivity index (χ2n) is 8.12. The number of rotatable bonds is 7.